The van der Waals surface area contributed by atoms with Crippen LogP contribution in [0.25, 0.3) is 0 Å². The van der Waals surface area contributed by atoms with Crippen LogP contribution in [-0.2, 0) is 12.8 Å². The maximum absolute atomic E-state index is 5.98. The molecule has 0 spiro atoms. The topological polar surface area (TPSA) is 25.1 Å². The van der Waals surface area contributed by atoms with E-state index in [2.05, 4.69) is 84.5 Å². The van der Waals surface area contributed by atoms with Gasteiger partial charge in [-0.05, 0) is 83.0 Å². The van der Waals surface area contributed by atoms with E-state index in [4.69, 9.17) is 9.47 Å². The van der Waals surface area contributed by atoms with Gasteiger partial charge in [-0.2, -0.15) is 0 Å². The van der Waals surface area contributed by atoms with Gasteiger partial charge in [0, 0.05) is 46.1 Å². The molecule has 27 heavy (non-hydrogen) atoms. The van der Waals surface area contributed by atoms with E-state index >= 15 is 0 Å². The second-order valence-corrected chi connectivity index (χ2v) is 10.2. The number of hydrogen-bond donors (Lipinski definition) is 0. The molecule has 2 aromatic rings. The summed E-state index contributed by atoms with van der Waals surface area (Å²) in [6, 6.07) is 0. The van der Waals surface area contributed by atoms with Crippen LogP contribution in [0, 0.1) is 0 Å². The third kappa shape index (κ3) is 3.23. The standard InChI is InChI=1S/C21H20Br4O2/c1-4-7-10-14(22)16(24)12(20-18(10)26-20)9(6-3)13-17(25)15(23)11(8-5-2)19-21(13)27-19/h9H,4-8H2,1-3H3. The molecule has 2 aliphatic heterocycles. The van der Waals surface area contributed by atoms with Crippen LogP contribution in [0.1, 0.15) is 68.2 Å². The SMILES string of the molecule is CCCc1c(Br)c(Br)c(C(CC)c2c(Br)c(Br)c(CCC)c3c2O3)c2c1O2. The van der Waals surface area contributed by atoms with Crippen LogP contribution in [0.4, 0.5) is 0 Å². The van der Waals surface area contributed by atoms with Gasteiger partial charge in [-0.15, -0.1) is 0 Å². The second kappa shape index (κ2) is 7.66. The van der Waals surface area contributed by atoms with Crippen molar-refractivity contribution in [2.24, 2.45) is 0 Å². The lowest BCUT2D eigenvalue weighted by molar-refractivity contribution is 0.617. The van der Waals surface area contributed by atoms with Crippen molar-refractivity contribution < 1.29 is 9.47 Å². The van der Waals surface area contributed by atoms with Crippen LogP contribution in [0.3, 0.4) is 0 Å². The first-order chi connectivity index (χ1) is 13.0. The summed E-state index contributed by atoms with van der Waals surface area (Å²) in [6.07, 6.45) is 5.17. The number of fused-ring (bicyclic) bond motifs is 2. The Hall–Kier alpha value is -0.0400. The van der Waals surface area contributed by atoms with Crippen molar-refractivity contribution in [1.29, 1.82) is 0 Å². The van der Waals surface area contributed by atoms with E-state index in [-0.39, 0.29) is 5.92 Å². The fraction of sp³-hybridized carbons (Fsp3) is 0.429. The molecule has 0 amide bonds. The minimum absolute atomic E-state index is 0.195. The fourth-order valence-electron chi connectivity index (χ4n) is 3.93. The molecule has 2 heterocycles. The van der Waals surface area contributed by atoms with E-state index in [1.165, 1.54) is 22.3 Å². The molecule has 0 fully saturated rings. The number of rotatable bonds is 7. The minimum atomic E-state index is 0.195. The van der Waals surface area contributed by atoms with E-state index in [1.54, 1.807) is 0 Å². The molecule has 6 heteroatoms. The Morgan fingerprint density at radius 2 is 1.04 bits per heavy atom. The molecular weight excluding hydrogens is 604 g/mol. The summed E-state index contributed by atoms with van der Waals surface area (Å²) >= 11 is 15.3. The molecule has 0 aromatic heterocycles. The lowest BCUT2D eigenvalue weighted by Crippen LogP contribution is -2.02. The molecule has 0 atom stereocenters. The first-order valence-electron chi connectivity index (χ1n) is 9.39. The van der Waals surface area contributed by atoms with Gasteiger partial charge in [-0.25, -0.2) is 0 Å². The van der Waals surface area contributed by atoms with E-state index in [0.717, 1.165) is 73.0 Å². The van der Waals surface area contributed by atoms with Gasteiger partial charge in [0.25, 0.3) is 0 Å². The molecule has 2 nitrogen and oxygen atoms in total. The van der Waals surface area contributed by atoms with Crippen molar-refractivity contribution in [3.63, 3.8) is 0 Å². The summed E-state index contributed by atoms with van der Waals surface area (Å²) in [7, 11) is 0. The number of ether oxygens (including phenoxy) is 2. The average molecular weight is 624 g/mol. The highest BCUT2D eigenvalue weighted by molar-refractivity contribution is 9.13. The summed E-state index contributed by atoms with van der Waals surface area (Å²) in [5.74, 6) is 4.38. The largest absolute Gasteiger partial charge is 0.449 e. The molecule has 2 aliphatic rings. The molecule has 4 rings (SSSR count). The molecule has 0 N–H and O–H groups in total. The Labute approximate surface area is 193 Å². The summed E-state index contributed by atoms with van der Waals surface area (Å²) in [4.78, 5) is 0. The van der Waals surface area contributed by atoms with Gasteiger partial charge in [-0.3, -0.25) is 0 Å². The molecule has 0 bridgehead atoms. The van der Waals surface area contributed by atoms with Gasteiger partial charge in [0.1, 0.15) is 0 Å². The third-order valence-electron chi connectivity index (χ3n) is 5.27. The van der Waals surface area contributed by atoms with Crippen LogP contribution in [0.15, 0.2) is 17.9 Å². The van der Waals surface area contributed by atoms with Crippen LogP contribution in [0.5, 0.6) is 23.0 Å². The van der Waals surface area contributed by atoms with Crippen molar-refractivity contribution >= 4 is 63.7 Å². The van der Waals surface area contributed by atoms with E-state index in [9.17, 15) is 0 Å². The highest BCUT2D eigenvalue weighted by Gasteiger charge is 2.42. The molecule has 0 radical (unpaired) electrons. The quantitative estimate of drug-likeness (QED) is 0.192. The summed E-state index contributed by atoms with van der Waals surface area (Å²) < 4.78 is 16.4. The lowest BCUT2D eigenvalue weighted by atomic mass is 9.87. The van der Waals surface area contributed by atoms with E-state index in [1.807, 2.05) is 0 Å². The summed E-state index contributed by atoms with van der Waals surface area (Å²) in [6.45, 7) is 6.60. The van der Waals surface area contributed by atoms with Crippen molar-refractivity contribution in [1.82, 2.24) is 0 Å². The predicted octanol–water partition coefficient (Wildman–Crippen LogP) is 9.39. The zero-order valence-corrected chi connectivity index (χ0v) is 21.8. The van der Waals surface area contributed by atoms with Crippen LogP contribution in [-0.4, -0.2) is 0 Å². The molecule has 0 unspecified atom stereocenters. The maximum Gasteiger partial charge on any atom is 0.175 e. The number of benzene rings is 2. The Bertz CT molecular complexity index is 877. The second-order valence-electron chi connectivity index (χ2n) is 7.02. The minimum Gasteiger partial charge on any atom is -0.449 e. The molecule has 0 saturated heterocycles. The Balaban J connectivity index is 1.85. The van der Waals surface area contributed by atoms with Crippen molar-refractivity contribution in [2.75, 3.05) is 0 Å². The molecule has 2 aromatic carbocycles. The summed E-state index contributed by atoms with van der Waals surface area (Å²) in [5.41, 5.74) is 4.97. The molecule has 0 saturated carbocycles. The highest BCUT2D eigenvalue weighted by atomic mass is 79.9. The van der Waals surface area contributed by atoms with Crippen LogP contribution >= 0.6 is 63.7 Å². The smallest absolute Gasteiger partial charge is 0.175 e. The predicted molar refractivity (Wildman–Crippen MR) is 124 cm³/mol. The van der Waals surface area contributed by atoms with Gasteiger partial charge in [-0.1, -0.05) is 33.6 Å². The van der Waals surface area contributed by atoms with Gasteiger partial charge in [0.15, 0.2) is 23.0 Å². The van der Waals surface area contributed by atoms with Crippen LogP contribution in [0.2, 0.25) is 0 Å². The average Bonchev–Trinajstić information content (AvgIpc) is 3.56. The number of hydrogen-bond acceptors (Lipinski definition) is 2. The lowest BCUT2D eigenvalue weighted by Gasteiger charge is -2.19. The molecule has 0 aliphatic carbocycles. The van der Waals surface area contributed by atoms with Gasteiger partial charge in [0.2, 0.25) is 0 Å². The first kappa shape index (κ1) is 20.2. The monoisotopic (exact) mass is 620 g/mol. The Kier molecular flexibility index (Phi) is 5.74. The van der Waals surface area contributed by atoms with Gasteiger partial charge in [0.05, 0.1) is 0 Å². The zero-order valence-electron chi connectivity index (χ0n) is 15.4. The van der Waals surface area contributed by atoms with Gasteiger partial charge < -0.3 is 9.47 Å². The van der Waals surface area contributed by atoms with Crippen molar-refractivity contribution in [3.05, 3.63) is 40.1 Å². The third-order valence-corrected chi connectivity index (χ3v) is 9.73. The van der Waals surface area contributed by atoms with Crippen LogP contribution < -0.4 is 9.47 Å². The highest BCUT2D eigenvalue weighted by Crippen LogP contribution is 2.65. The molecule has 144 valence electrons. The molecular formula is C21H20Br4O2. The first-order valence-corrected chi connectivity index (χ1v) is 12.6. The van der Waals surface area contributed by atoms with E-state index in [0.29, 0.717) is 0 Å². The zero-order chi connectivity index (χ0) is 19.5. The fourth-order valence-corrected chi connectivity index (χ4v) is 6.50. The maximum atomic E-state index is 5.98. The van der Waals surface area contributed by atoms with Gasteiger partial charge >= 0.3 is 0 Å². The van der Waals surface area contributed by atoms with Crippen molar-refractivity contribution in [2.45, 2.75) is 58.8 Å². The van der Waals surface area contributed by atoms with Crippen molar-refractivity contribution in [3.8, 4) is 23.0 Å². The number of halogens is 4. The Morgan fingerprint density at radius 3 is 1.37 bits per heavy atom. The Morgan fingerprint density at radius 1 is 0.630 bits per heavy atom. The summed E-state index contributed by atoms with van der Waals surface area (Å²) in [5, 5.41) is 0. The normalized spacial score (nSPS) is 13.2. The van der Waals surface area contributed by atoms with E-state index < -0.39 is 0 Å².